The molecule has 0 unspecified atom stereocenters. The quantitative estimate of drug-likeness (QED) is 0.824. The highest BCUT2D eigenvalue weighted by Crippen LogP contribution is 2.13. The molecule has 0 spiro atoms. The molecule has 84 valence electrons. The number of aromatic nitrogens is 2. The Morgan fingerprint density at radius 3 is 2.47 bits per heavy atom. The minimum atomic E-state index is 0.0177. The lowest BCUT2D eigenvalue weighted by atomic mass is 10.1. The van der Waals surface area contributed by atoms with Crippen LogP contribution in [0.2, 0.25) is 0 Å². The minimum Gasteiger partial charge on any atom is -0.324 e. The number of nitrogens with zero attached hydrogens (tertiary/aromatic N) is 2. The Morgan fingerprint density at radius 2 is 2.00 bits per heavy atom. The van der Waals surface area contributed by atoms with Crippen LogP contribution in [0.5, 0.6) is 0 Å². The Balaban J connectivity index is 2.73. The fraction of sp³-hybridized carbons (Fsp3) is 0.667. The van der Waals surface area contributed by atoms with Crippen molar-refractivity contribution < 1.29 is 0 Å². The fourth-order valence-electron chi connectivity index (χ4n) is 1.51. The average Bonchev–Trinajstić information content (AvgIpc) is 2.14. The van der Waals surface area contributed by atoms with E-state index in [-0.39, 0.29) is 6.04 Å². The standard InChI is InChI=1S/C12H21N3/c1-8(2)5-6-12-14-7-11(9(3)13)10(4)15-12/h7-9H,5-6,13H2,1-4H3/t9-/m0/s1. The number of hydrogen-bond acceptors (Lipinski definition) is 3. The van der Waals surface area contributed by atoms with Crippen molar-refractivity contribution in [3.05, 3.63) is 23.3 Å². The Hall–Kier alpha value is -0.960. The van der Waals surface area contributed by atoms with Crippen molar-refractivity contribution in [2.24, 2.45) is 11.7 Å². The molecular formula is C12H21N3. The molecule has 0 saturated carbocycles. The molecule has 15 heavy (non-hydrogen) atoms. The van der Waals surface area contributed by atoms with Crippen LogP contribution < -0.4 is 5.73 Å². The van der Waals surface area contributed by atoms with Gasteiger partial charge in [-0.25, -0.2) is 9.97 Å². The van der Waals surface area contributed by atoms with Crippen molar-refractivity contribution in [3.63, 3.8) is 0 Å². The van der Waals surface area contributed by atoms with Crippen LogP contribution in [-0.4, -0.2) is 9.97 Å². The molecule has 1 rings (SSSR count). The van der Waals surface area contributed by atoms with E-state index in [1.807, 2.05) is 20.0 Å². The van der Waals surface area contributed by atoms with Crippen molar-refractivity contribution in [1.29, 1.82) is 0 Å². The summed E-state index contributed by atoms with van der Waals surface area (Å²) in [4.78, 5) is 8.82. The highest BCUT2D eigenvalue weighted by molar-refractivity contribution is 5.19. The van der Waals surface area contributed by atoms with Gasteiger partial charge in [0.2, 0.25) is 0 Å². The zero-order chi connectivity index (χ0) is 11.4. The fourth-order valence-corrected chi connectivity index (χ4v) is 1.51. The molecule has 0 aromatic carbocycles. The van der Waals surface area contributed by atoms with E-state index in [2.05, 4.69) is 23.8 Å². The van der Waals surface area contributed by atoms with Gasteiger partial charge in [-0.15, -0.1) is 0 Å². The van der Waals surface area contributed by atoms with Crippen LogP contribution in [0.1, 0.15) is 50.3 Å². The number of rotatable bonds is 4. The number of aryl methyl sites for hydroxylation is 2. The molecule has 0 bridgehead atoms. The van der Waals surface area contributed by atoms with Gasteiger partial charge in [-0.1, -0.05) is 13.8 Å². The lowest BCUT2D eigenvalue weighted by Crippen LogP contribution is -2.10. The summed E-state index contributed by atoms with van der Waals surface area (Å²) in [6, 6.07) is 0.0177. The molecule has 3 heteroatoms. The first kappa shape index (κ1) is 12.1. The smallest absolute Gasteiger partial charge is 0.128 e. The van der Waals surface area contributed by atoms with Gasteiger partial charge >= 0.3 is 0 Å². The average molecular weight is 207 g/mol. The Kier molecular flexibility index (Phi) is 4.21. The zero-order valence-corrected chi connectivity index (χ0v) is 10.1. The van der Waals surface area contributed by atoms with E-state index in [0.29, 0.717) is 5.92 Å². The lowest BCUT2D eigenvalue weighted by Gasteiger charge is -2.10. The van der Waals surface area contributed by atoms with Gasteiger partial charge in [-0.2, -0.15) is 0 Å². The molecule has 0 aliphatic carbocycles. The van der Waals surface area contributed by atoms with E-state index in [1.165, 1.54) is 0 Å². The van der Waals surface area contributed by atoms with E-state index < -0.39 is 0 Å². The van der Waals surface area contributed by atoms with E-state index in [1.54, 1.807) is 0 Å². The van der Waals surface area contributed by atoms with Crippen LogP contribution in [0.4, 0.5) is 0 Å². The number of hydrogen-bond donors (Lipinski definition) is 1. The molecule has 0 fully saturated rings. The highest BCUT2D eigenvalue weighted by Gasteiger charge is 2.07. The van der Waals surface area contributed by atoms with Crippen LogP contribution in [0.25, 0.3) is 0 Å². The van der Waals surface area contributed by atoms with Crippen LogP contribution in [-0.2, 0) is 6.42 Å². The van der Waals surface area contributed by atoms with E-state index >= 15 is 0 Å². The SMILES string of the molecule is Cc1nc(CCC(C)C)ncc1[C@H](C)N. The second-order valence-corrected chi connectivity index (χ2v) is 4.55. The van der Waals surface area contributed by atoms with Crippen LogP contribution in [0.3, 0.4) is 0 Å². The van der Waals surface area contributed by atoms with Crippen LogP contribution in [0.15, 0.2) is 6.20 Å². The van der Waals surface area contributed by atoms with Gasteiger partial charge in [-0.3, -0.25) is 0 Å². The van der Waals surface area contributed by atoms with Gasteiger partial charge in [0.25, 0.3) is 0 Å². The molecule has 1 atom stereocenters. The molecule has 1 heterocycles. The van der Waals surface area contributed by atoms with Gasteiger partial charge in [0.15, 0.2) is 0 Å². The highest BCUT2D eigenvalue weighted by atomic mass is 14.9. The van der Waals surface area contributed by atoms with Crippen molar-refractivity contribution in [3.8, 4) is 0 Å². The second kappa shape index (κ2) is 5.21. The zero-order valence-electron chi connectivity index (χ0n) is 10.1. The third kappa shape index (κ3) is 3.59. The Morgan fingerprint density at radius 1 is 1.33 bits per heavy atom. The third-order valence-electron chi connectivity index (χ3n) is 2.50. The number of nitrogens with two attached hydrogens (primary N) is 1. The summed E-state index contributed by atoms with van der Waals surface area (Å²) in [7, 11) is 0. The van der Waals surface area contributed by atoms with Crippen molar-refractivity contribution in [2.45, 2.75) is 46.6 Å². The molecule has 0 aliphatic heterocycles. The molecular weight excluding hydrogens is 186 g/mol. The van der Waals surface area contributed by atoms with Crippen LogP contribution >= 0.6 is 0 Å². The van der Waals surface area contributed by atoms with Gasteiger partial charge in [0.1, 0.15) is 5.82 Å². The molecule has 0 radical (unpaired) electrons. The predicted molar refractivity (Wildman–Crippen MR) is 62.5 cm³/mol. The molecule has 2 N–H and O–H groups in total. The molecule has 1 aromatic rings. The Bertz CT molecular complexity index is 319. The van der Waals surface area contributed by atoms with Crippen molar-refractivity contribution in [2.75, 3.05) is 0 Å². The van der Waals surface area contributed by atoms with Crippen molar-refractivity contribution in [1.82, 2.24) is 9.97 Å². The summed E-state index contributed by atoms with van der Waals surface area (Å²) < 4.78 is 0. The second-order valence-electron chi connectivity index (χ2n) is 4.55. The first-order valence-electron chi connectivity index (χ1n) is 5.58. The monoisotopic (exact) mass is 207 g/mol. The van der Waals surface area contributed by atoms with Gasteiger partial charge in [-0.05, 0) is 26.2 Å². The summed E-state index contributed by atoms with van der Waals surface area (Å²) in [6.07, 6.45) is 3.96. The van der Waals surface area contributed by atoms with E-state index in [0.717, 1.165) is 29.9 Å². The lowest BCUT2D eigenvalue weighted by molar-refractivity contribution is 0.572. The van der Waals surface area contributed by atoms with E-state index in [9.17, 15) is 0 Å². The maximum atomic E-state index is 5.81. The summed E-state index contributed by atoms with van der Waals surface area (Å²) in [5, 5.41) is 0. The summed E-state index contributed by atoms with van der Waals surface area (Å²) in [5.74, 6) is 1.63. The summed E-state index contributed by atoms with van der Waals surface area (Å²) in [5.41, 5.74) is 7.86. The first-order valence-corrected chi connectivity index (χ1v) is 5.58. The molecule has 0 saturated heterocycles. The van der Waals surface area contributed by atoms with Gasteiger partial charge < -0.3 is 5.73 Å². The topological polar surface area (TPSA) is 51.8 Å². The maximum absolute atomic E-state index is 5.81. The molecule has 3 nitrogen and oxygen atoms in total. The molecule has 0 amide bonds. The Labute approximate surface area is 92.1 Å². The van der Waals surface area contributed by atoms with Gasteiger partial charge in [0, 0.05) is 29.9 Å². The van der Waals surface area contributed by atoms with Crippen molar-refractivity contribution >= 4 is 0 Å². The summed E-state index contributed by atoms with van der Waals surface area (Å²) in [6.45, 7) is 8.38. The largest absolute Gasteiger partial charge is 0.324 e. The van der Waals surface area contributed by atoms with E-state index in [4.69, 9.17) is 5.73 Å². The minimum absolute atomic E-state index is 0.0177. The molecule has 0 aliphatic rings. The van der Waals surface area contributed by atoms with Gasteiger partial charge in [0.05, 0.1) is 0 Å². The normalized spacial score (nSPS) is 13.2. The predicted octanol–water partition coefficient (Wildman–Crippen LogP) is 2.39. The first-order chi connectivity index (χ1) is 7.00. The van der Waals surface area contributed by atoms with Crippen LogP contribution in [0, 0.1) is 12.8 Å². The third-order valence-corrected chi connectivity index (χ3v) is 2.50. The molecule has 1 aromatic heterocycles. The maximum Gasteiger partial charge on any atom is 0.128 e. The summed E-state index contributed by atoms with van der Waals surface area (Å²) >= 11 is 0.